The molecule has 0 fully saturated rings. The average Bonchev–Trinajstić information content (AvgIpc) is 2.40. The zero-order chi connectivity index (χ0) is 13.9. The number of nitrogens with one attached hydrogen (secondary N) is 1. The largest absolute Gasteiger partial charge is 0.317 e. The summed E-state index contributed by atoms with van der Waals surface area (Å²) in [5.74, 6) is -0.0972. The maximum Gasteiger partial charge on any atom is 0.127 e. The van der Waals surface area contributed by atoms with Crippen molar-refractivity contribution in [3.05, 3.63) is 35.6 Å². The molecule has 0 aromatic heterocycles. The van der Waals surface area contributed by atoms with Crippen molar-refractivity contribution in [3.8, 4) is 0 Å². The smallest absolute Gasteiger partial charge is 0.127 e. The van der Waals surface area contributed by atoms with Crippen LogP contribution < -0.4 is 5.32 Å². The van der Waals surface area contributed by atoms with Crippen LogP contribution in [0.15, 0.2) is 24.3 Å². The maximum atomic E-state index is 13.5. The Morgan fingerprint density at radius 3 is 2.58 bits per heavy atom. The van der Waals surface area contributed by atoms with E-state index in [1.807, 2.05) is 12.1 Å². The van der Waals surface area contributed by atoms with Crippen LogP contribution in [0.4, 0.5) is 4.39 Å². The Labute approximate surface area is 117 Å². The van der Waals surface area contributed by atoms with Crippen LogP contribution in [0.5, 0.6) is 0 Å². The van der Waals surface area contributed by atoms with Crippen molar-refractivity contribution < 1.29 is 4.39 Å². The van der Waals surface area contributed by atoms with Gasteiger partial charge in [-0.15, -0.1) is 0 Å². The van der Waals surface area contributed by atoms with Crippen molar-refractivity contribution in [2.45, 2.75) is 39.2 Å². The normalized spacial score (nSPS) is 11.2. The lowest BCUT2D eigenvalue weighted by Gasteiger charge is -2.16. The van der Waals surface area contributed by atoms with Crippen molar-refractivity contribution in [3.63, 3.8) is 0 Å². The van der Waals surface area contributed by atoms with E-state index in [0.717, 1.165) is 25.2 Å². The standard InChI is InChI=1S/C16H27FN2/c1-3-18-12-8-4-5-9-13-19(2)14-15-10-6-7-11-16(15)17/h6-7,10-11,18H,3-5,8-9,12-14H2,1-2H3. The summed E-state index contributed by atoms with van der Waals surface area (Å²) in [6.45, 7) is 6.06. The van der Waals surface area contributed by atoms with Gasteiger partial charge in [0.05, 0.1) is 0 Å². The van der Waals surface area contributed by atoms with Gasteiger partial charge in [0.15, 0.2) is 0 Å². The van der Waals surface area contributed by atoms with Crippen molar-refractivity contribution >= 4 is 0 Å². The van der Waals surface area contributed by atoms with E-state index in [-0.39, 0.29) is 5.82 Å². The molecule has 108 valence electrons. The molecule has 0 aliphatic heterocycles. The van der Waals surface area contributed by atoms with Gasteiger partial charge in [-0.3, -0.25) is 0 Å². The number of rotatable bonds is 10. The molecule has 0 saturated carbocycles. The minimum Gasteiger partial charge on any atom is -0.317 e. The van der Waals surface area contributed by atoms with Gasteiger partial charge in [-0.1, -0.05) is 38.0 Å². The summed E-state index contributed by atoms with van der Waals surface area (Å²) in [5.41, 5.74) is 0.789. The van der Waals surface area contributed by atoms with E-state index in [9.17, 15) is 4.39 Å². The van der Waals surface area contributed by atoms with Crippen LogP contribution in [0.1, 0.15) is 38.2 Å². The average molecular weight is 266 g/mol. The highest BCUT2D eigenvalue weighted by molar-refractivity contribution is 5.16. The van der Waals surface area contributed by atoms with Crippen LogP contribution in [0.2, 0.25) is 0 Å². The van der Waals surface area contributed by atoms with Crippen molar-refractivity contribution in [2.24, 2.45) is 0 Å². The molecule has 0 amide bonds. The Hall–Kier alpha value is -0.930. The van der Waals surface area contributed by atoms with Gasteiger partial charge in [-0.25, -0.2) is 4.39 Å². The summed E-state index contributed by atoms with van der Waals surface area (Å²) in [4.78, 5) is 2.20. The molecule has 19 heavy (non-hydrogen) atoms. The zero-order valence-corrected chi connectivity index (χ0v) is 12.3. The molecule has 3 heteroatoms. The molecule has 1 N–H and O–H groups in total. The molecule has 0 aliphatic carbocycles. The Balaban J connectivity index is 2.08. The molecule has 0 saturated heterocycles. The van der Waals surface area contributed by atoms with Crippen LogP contribution in [0, 0.1) is 5.82 Å². The van der Waals surface area contributed by atoms with E-state index in [2.05, 4.69) is 24.2 Å². The van der Waals surface area contributed by atoms with E-state index in [4.69, 9.17) is 0 Å². The second kappa shape index (κ2) is 9.93. The Bertz CT molecular complexity index is 341. The first-order valence-electron chi connectivity index (χ1n) is 7.36. The second-order valence-electron chi connectivity index (χ2n) is 5.10. The topological polar surface area (TPSA) is 15.3 Å². The van der Waals surface area contributed by atoms with Crippen LogP contribution in [0.3, 0.4) is 0 Å². The fraction of sp³-hybridized carbons (Fsp3) is 0.625. The van der Waals surface area contributed by atoms with E-state index in [0.29, 0.717) is 6.54 Å². The number of unbranched alkanes of at least 4 members (excludes halogenated alkanes) is 3. The molecule has 1 aromatic carbocycles. The van der Waals surface area contributed by atoms with Gasteiger partial charge in [-0.2, -0.15) is 0 Å². The number of nitrogens with zero attached hydrogens (tertiary/aromatic N) is 1. The first kappa shape index (κ1) is 16.1. The second-order valence-corrected chi connectivity index (χ2v) is 5.10. The van der Waals surface area contributed by atoms with E-state index in [1.54, 1.807) is 6.07 Å². The molecule has 2 nitrogen and oxygen atoms in total. The van der Waals surface area contributed by atoms with Gasteiger partial charge < -0.3 is 10.2 Å². The van der Waals surface area contributed by atoms with E-state index >= 15 is 0 Å². The number of hydrogen-bond acceptors (Lipinski definition) is 2. The lowest BCUT2D eigenvalue weighted by Crippen LogP contribution is -2.20. The maximum absolute atomic E-state index is 13.5. The molecular formula is C16H27FN2. The highest BCUT2D eigenvalue weighted by atomic mass is 19.1. The number of benzene rings is 1. The summed E-state index contributed by atoms with van der Waals surface area (Å²) in [6, 6.07) is 7.03. The summed E-state index contributed by atoms with van der Waals surface area (Å²) >= 11 is 0. The predicted molar refractivity (Wildman–Crippen MR) is 79.7 cm³/mol. The molecule has 0 atom stereocenters. The third-order valence-electron chi connectivity index (χ3n) is 3.29. The third-order valence-corrected chi connectivity index (χ3v) is 3.29. The summed E-state index contributed by atoms with van der Waals surface area (Å²) in [6.07, 6.45) is 4.98. The third kappa shape index (κ3) is 7.28. The lowest BCUT2D eigenvalue weighted by atomic mass is 10.1. The van der Waals surface area contributed by atoms with Crippen LogP contribution in [0.25, 0.3) is 0 Å². The zero-order valence-electron chi connectivity index (χ0n) is 12.3. The van der Waals surface area contributed by atoms with Crippen molar-refractivity contribution in [2.75, 3.05) is 26.7 Å². The molecule has 1 aromatic rings. The monoisotopic (exact) mass is 266 g/mol. The van der Waals surface area contributed by atoms with Gasteiger partial charge in [-0.05, 0) is 45.6 Å². The van der Waals surface area contributed by atoms with Gasteiger partial charge in [0.1, 0.15) is 5.82 Å². The van der Waals surface area contributed by atoms with E-state index < -0.39 is 0 Å². The molecule has 0 bridgehead atoms. The minimum absolute atomic E-state index is 0.0972. The van der Waals surface area contributed by atoms with Gasteiger partial charge in [0.2, 0.25) is 0 Å². The van der Waals surface area contributed by atoms with Crippen LogP contribution in [-0.4, -0.2) is 31.6 Å². The molecule has 0 radical (unpaired) electrons. The fourth-order valence-corrected chi connectivity index (χ4v) is 2.16. The minimum atomic E-state index is -0.0972. The SMILES string of the molecule is CCNCCCCCCN(C)Cc1ccccc1F. The van der Waals surface area contributed by atoms with Gasteiger partial charge >= 0.3 is 0 Å². The Morgan fingerprint density at radius 1 is 1.11 bits per heavy atom. The molecule has 1 rings (SSSR count). The summed E-state index contributed by atoms with van der Waals surface area (Å²) in [7, 11) is 2.06. The summed E-state index contributed by atoms with van der Waals surface area (Å²) in [5, 5.41) is 3.33. The molecule has 0 heterocycles. The number of halogens is 1. The van der Waals surface area contributed by atoms with Gasteiger partial charge in [0, 0.05) is 12.1 Å². The number of hydrogen-bond donors (Lipinski definition) is 1. The highest BCUT2D eigenvalue weighted by Gasteiger charge is 2.04. The summed E-state index contributed by atoms with van der Waals surface area (Å²) < 4.78 is 13.5. The predicted octanol–water partition coefficient (Wildman–Crippen LogP) is 3.43. The highest BCUT2D eigenvalue weighted by Crippen LogP contribution is 2.09. The van der Waals surface area contributed by atoms with Gasteiger partial charge in [0.25, 0.3) is 0 Å². The lowest BCUT2D eigenvalue weighted by molar-refractivity contribution is 0.311. The quantitative estimate of drug-likeness (QED) is 0.653. The van der Waals surface area contributed by atoms with Crippen molar-refractivity contribution in [1.82, 2.24) is 10.2 Å². The Morgan fingerprint density at radius 2 is 1.84 bits per heavy atom. The first-order valence-corrected chi connectivity index (χ1v) is 7.36. The van der Waals surface area contributed by atoms with Crippen LogP contribution >= 0.6 is 0 Å². The van der Waals surface area contributed by atoms with E-state index in [1.165, 1.54) is 31.7 Å². The molecule has 0 aliphatic rings. The Kier molecular flexibility index (Phi) is 8.43. The van der Waals surface area contributed by atoms with Crippen molar-refractivity contribution in [1.29, 1.82) is 0 Å². The molecule has 0 spiro atoms. The molecular weight excluding hydrogens is 239 g/mol. The molecule has 0 unspecified atom stereocenters. The fourth-order valence-electron chi connectivity index (χ4n) is 2.16. The van der Waals surface area contributed by atoms with Crippen LogP contribution in [-0.2, 0) is 6.54 Å². The first-order chi connectivity index (χ1) is 9.24.